The van der Waals surface area contributed by atoms with Gasteiger partial charge >= 0.3 is 18.2 Å². The first kappa shape index (κ1) is 25.9. The summed E-state index contributed by atoms with van der Waals surface area (Å²) in [7, 11) is 0. The maximum Gasteiger partial charge on any atom is 0.416 e. The van der Waals surface area contributed by atoms with E-state index in [1.807, 2.05) is 19.1 Å². The third-order valence-corrected chi connectivity index (χ3v) is 6.82. The Labute approximate surface area is 211 Å². The molecule has 3 N–H and O–H groups in total. The van der Waals surface area contributed by atoms with Crippen molar-refractivity contribution in [2.24, 2.45) is 5.41 Å². The lowest BCUT2D eigenvalue weighted by Gasteiger charge is -2.35. The minimum Gasteiger partial charge on any atom is -0.481 e. The number of ketones is 1. The predicted octanol–water partition coefficient (Wildman–Crippen LogP) is 7.02. The molecule has 0 bridgehead atoms. The van der Waals surface area contributed by atoms with Gasteiger partial charge in [-0.2, -0.15) is 13.2 Å². The van der Waals surface area contributed by atoms with E-state index in [0.29, 0.717) is 30.5 Å². The van der Waals surface area contributed by atoms with E-state index in [1.165, 1.54) is 12.1 Å². The highest BCUT2D eigenvalue weighted by Crippen LogP contribution is 2.42. The number of rotatable bonds is 6. The Hall–Kier alpha value is -4.14. The van der Waals surface area contributed by atoms with Gasteiger partial charge in [0, 0.05) is 22.4 Å². The fourth-order valence-electron chi connectivity index (χ4n) is 4.68. The molecule has 1 aliphatic carbocycles. The fourth-order valence-corrected chi connectivity index (χ4v) is 4.68. The summed E-state index contributed by atoms with van der Waals surface area (Å²) in [6.07, 6.45) is -3.05. The molecule has 37 heavy (non-hydrogen) atoms. The molecule has 1 unspecified atom stereocenters. The number of hydrogen-bond acceptors (Lipinski definition) is 3. The van der Waals surface area contributed by atoms with Gasteiger partial charge in [-0.1, -0.05) is 37.3 Å². The number of amides is 2. The largest absolute Gasteiger partial charge is 0.481 e. The molecule has 0 saturated carbocycles. The van der Waals surface area contributed by atoms with Gasteiger partial charge in [0.25, 0.3) is 0 Å². The summed E-state index contributed by atoms with van der Waals surface area (Å²) in [6.45, 7) is 1.85. The maximum atomic E-state index is 13.1. The van der Waals surface area contributed by atoms with Gasteiger partial charge < -0.3 is 15.7 Å². The van der Waals surface area contributed by atoms with Crippen molar-refractivity contribution in [2.75, 3.05) is 10.6 Å². The lowest BCUT2D eigenvalue weighted by atomic mass is 9.67. The monoisotopic (exact) mass is 510 g/mol. The summed E-state index contributed by atoms with van der Waals surface area (Å²) in [6, 6.07) is 16.1. The number of carbonyl (C=O) groups is 3. The van der Waals surface area contributed by atoms with Crippen LogP contribution in [0.15, 0.2) is 66.7 Å². The number of carboxylic acid groups (broad SMARTS) is 1. The normalized spacial score (nSPS) is 17.1. The fraction of sp³-hybridized carbons (Fsp3) is 0.250. The molecular weight excluding hydrogens is 485 g/mol. The van der Waals surface area contributed by atoms with Crippen LogP contribution < -0.4 is 10.6 Å². The molecule has 0 aromatic heterocycles. The quantitative estimate of drug-likeness (QED) is 0.332. The molecule has 3 aromatic carbocycles. The summed E-state index contributed by atoms with van der Waals surface area (Å²) in [4.78, 5) is 36.7. The van der Waals surface area contributed by atoms with Crippen molar-refractivity contribution in [2.45, 2.75) is 38.8 Å². The first-order chi connectivity index (χ1) is 17.5. The maximum absolute atomic E-state index is 13.1. The van der Waals surface area contributed by atoms with Crippen LogP contribution in [0.3, 0.4) is 0 Å². The molecule has 3 aromatic rings. The number of aliphatic carboxylic acids is 1. The SMILES string of the molecule is CCC1(CC(=O)O)CCc2cc(-c3ccc(NC(=O)Nc4ccc(C(F)(F)F)cc4)cc3)ccc2C1=O. The van der Waals surface area contributed by atoms with Crippen molar-refractivity contribution in [1.82, 2.24) is 0 Å². The molecule has 1 atom stereocenters. The van der Waals surface area contributed by atoms with Crippen LogP contribution in [-0.4, -0.2) is 22.9 Å². The molecule has 0 aliphatic heterocycles. The molecule has 0 heterocycles. The zero-order valence-electron chi connectivity index (χ0n) is 20.0. The number of halogens is 3. The summed E-state index contributed by atoms with van der Waals surface area (Å²) in [5.74, 6) is -1.10. The lowest BCUT2D eigenvalue weighted by molar-refractivity contribution is -0.139. The summed E-state index contributed by atoms with van der Waals surface area (Å²) < 4.78 is 38.0. The van der Waals surface area contributed by atoms with Gasteiger partial charge in [-0.3, -0.25) is 9.59 Å². The number of urea groups is 1. The van der Waals surface area contributed by atoms with Crippen molar-refractivity contribution >= 4 is 29.2 Å². The first-order valence-electron chi connectivity index (χ1n) is 11.8. The standard InChI is InChI=1S/C28H25F3N2O4/c1-2-27(16-24(34)35)14-13-19-15-18(5-12-23(19)25(27)36)17-3-8-21(9-4-17)32-26(37)33-22-10-6-20(7-11-22)28(29,30)31/h3-12,15H,2,13-14,16H2,1H3,(H,34,35)(H2,32,33,37). The Bertz CT molecular complexity index is 1340. The van der Waals surface area contributed by atoms with Crippen LogP contribution in [0, 0.1) is 5.41 Å². The average molecular weight is 511 g/mol. The van der Waals surface area contributed by atoms with Crippen LogP contribution >= 0.6 is 0 Å². The lowest BCUT2D eigenvalue weighted by Crippen LogP contribution is -2.37. The highest BCUT2D eigenvalue weighted by Gasteiger charge is 2.42. The number of carbonyl (C=O) groups excluding carboxylic acids is 2. The molecular formula is C28H25F3N2O4. The minimum atomic E-state index is -4.45. The third-order valence-electron chi connectivity index (χ3n) is 6.82. The molecule has 6 nitrogen and oxygen atoms in total. The average Bonchev–Trinajstić information content (AvgIpc) is 2.85. The highest BCUT2D eigenvalue weighted by atomic mass is 19.4. The van der Waals surface area contributed by atoms with Crippen molar-refractivity contribution in [3.05, 3.63) is 83.4 Å². The van der Waals surface area contributed by atoms with Crippen LogP contribution in [0.2, 0.25) is 0 Å². The summed E-state index contributed by atoms with van der Waals surface area (Å²) in [5.41, 5.74) is 2.24. The highest BCUT2D eigenvalue weighted by molar-refractivity contribution is 6.04. The van der Waals surface area contributed by atoms with Gasteiger partial charge in [0.05, 0.1) is 12.0 Å². The Morgan fingerprint density at radius 1 is 0.919 bits per heavy atom. The zero-order chi connectivity index (χ0) is 26.8. The number of fused-ring (bicyclic) bond motifs is 1. The van der Waals surface area contributed by atoms with Crippen LogP contribution in [0.5, 0.6) is 0 Å². The van der Waals surface area contributed by atoms with E-state index in [1.54, 1.807) is 30.3 Å². The number of nitrogens with one attached hydrogen (secondary N) is 2. The number of aryl methyl sites for hydroxylation is 1. The molecule has 0 radical (unpaired) electrons. The van der Waals surface area contributed by atoms with E-state index in [0.717, 1.165) is 28.8 Å². The van der Waals surface area contributed by atoms with E-state index in [2.05, 4.69) is 10.6 Å². The second-order valence-electron chi connectivity index (χ2n) is 9.14. The smallest absolute Gasteiger partial charge is 0.416 e. The second-order valence-corrected chi connectivity index (χ2v) is 9.14. The number of anilines is 2. The predicted molar refractivity (Wildman–Crippen MR) is 134 cm³/mol. The van der Waals surface area contributed by atoms with E-state index < -0.39 is 29.2 Å². The molecule has 2 amide bonds. The van der Waals surface area contributed by atoms with Crippen molar-refractivity contribution in [3.8, 4) is 11.1 Å². The molecule has 0 saturated heterocycles. The summed E-state index contributed by atoms with van der Waals surface area (Å²) >= 11 is 0. The van der Waals surface area contributed by atoms with Gasteiger partial charge in [0.15, 0.2) is 5.78 Å². The molecule has 192 valence electrons. The number of hydrogen-bond donors (Lipinski definition) is 3. The second kappa shape index (κ2) is 10.1. The minimum absolute atomic E-state index is 0.121. The molecule has 9 heteroatoms. The van der Waals surface area contributed by atoms with Gasteiger partial charge in [0.2, 0.25) is 0 Å². The van der Waals surface area contributed by atoms with Crippen LogP contribution in [0.1, 0.15) is 47.7 Å². The van der Waals surface area contributed by atoms with Gasteiger partial charge in [-0.05, 0) is 72.4 Å². The Kier molecular flexibility index (Phi) is 7.07. The number of benzene rings is 3. The molecule has 4 rings (SSSR count). The van der Waals surface area contributed by atoms with Crippen molar-refractivity contribution < 1.29 is 32.7 Å². The molecule has 0 fully saturated rings. The van der Waals surface area contributed by atoms with E-state index >= 15 is 0 Å². The first-order valence-corrected chi connectivity index (χ1v) is 11.8. The van der Waals surface area contributed by atoms with Crippen molar-refractivity contribution in [3.63, 3.8) is 0 Å². The van der Waals surface area contributed by atoms with Gasteiger partial charge in [-0.25, -0.2) is 4.79 Å². The Morgan fingerprint density at radius 2 is 1.49 bits per heavy atom. The van der Waals surface area contributed by atoms with E-state index in [9.17, 15) is 32.7 Å². The number of carboxylic acids is 1. The summed E-state index contributed by atoms with van der Waals surface area (Å²) in [5, 5.41) is 14.4. The Morgan fingerprint density at radius 3 is 2.03 bits per heavy atom. The topological polar surface area (TPSA) is 95.5 Å². The van der Waals surface area contributed by atoms with Crippen LogP contribution in [0.4, 0.5) is 29.3 Å². The van der Waals surface area contributed by atoms with Crippen LogP contribution in [0.25, 0.3) is 11.1 Å². The van der Waals surface area contributed by atoms with Gasteiger partial charge in [0.1, 0.15) is 0 Å². The Balaban J connectivity index is 1.43. The molecule has 1 aliphatic rings. The third kappa shape index (κ3) is 5.66. The van der Waals surface area contributed by atoms with E-state index in [-0.39, 0.29) is 17.9 Å². The van der Waals surface area contributed by atoms with Crippen molar-refractivity contribution in [1.29, 1.82) is 0 Å². The zero-order valence-corrected chi connectivity index (χ0v) is 20.0. The number of Topliss-reactive ketones (excluding diaryl/α,β-unsaturated/α-hetero) is 1. The van der Waals surface area contributed by atoms with Crippen LogP contribution in [-0.2, 0) is 17.4 Å². The van der Waals surface area contributed by atoms with Gasteiger partial charge in [-0.15, -0.1) is 0 Å². The number of alkyl halides is 3. The molecule has 0 spiro atoms. The van der Waals surface area contributed by atoms with E-state index in [4.69, 9.17) is 0 Å².